The van der Waals surface area contributed by atoms with Gasteiger partial charge in [0.05, 0.1) is 5.58 Å². The summed E-state index contributed by atoms with van der Waals surface area (Å²) >= 11 is 0. The summed E-state index contributed by atoms with van der Waals surface area (Å²) in [7, 11) is 0. The van der Waals surface area contributed by atoms with Crippen molar-refractivity contribution in [3.8, 4) is 28.8 Å². The number of benzene rings is 4. The molecule has 40 heavy (non-hydrogen) atoms. The van der Waals surface area contributed by atoms with Gasteiger partial charge in [-0.25, -0.2) is 0 Å². The van der Waals surface area contributed by atoms with E-state index in [0.29, 0.717) is 17.5 Å². The van der Waals surface area contributed by atoms with Gasteiger partial charge in [0.2, 0.25) is 11.8 Å². The predicted octanol–water partition coefficient (Wildman–Crippen LogP) is 8.53. The molecule has 4 heterocycles. The monoisotopic (exact) mass is 696 g/mol. The molecule has 0 spiro atoms. The zero-order valence-corrected chi connectivity index (χ0v) is 23.2. The van der Waals surface area contributed by atoms with Crippen molar-refractivity contribution < 1.29 is 30.2 Å². The van der Waals surface area contributed by atoms with Gasteiger partial charge in [-0.15, -0.1) is 23.6 Å². The van der Waals surface area contributed by atoms with Gasteiger partial charge in [-0.05, 0) is 35.3 Å². The number of pyridine rings is 2. The van der Waals surface area contributed by atoms with E-state index in [1.54, 1.807) is 0 Å². The minimum Gasteiger partial charge on any atom is -0.501 e. The molecule has 5 nitrogen and oxygen atoms in total. The van der Waals surface area contributed by atoms with Crippen LogP contribution in [0.1, 0.15) is 0 Å². The van der Waals surface area contributed by atoms with E-state index in [9.17, 15) is 0 Å². The molecule has 0 bridgehead atoms. The number of fused-ring (bicyclic) bond motifs is 6. The fourth-order valence-corrected chi connectivity index (χ4v) is 5.27. The number of furan rings is 1. The topological polar surface area (TPSA) is 53.1 Å². The van der Waals surface area contributed by atoms with Crippen molar-refractivity contribution in [3.05, 3.63) is 127 Å². The first-order valence-corrected chi connectivity index (χ1v) is 12.7. The third-order valence-electron chi connectivity index (χ3n) is 6.96. The summed E-state index contributed by atoms with van der Waals surface area (Å²) in [5, 5.41) is 4.39. The molecular formula is C34H19N3O2Pt. The van der Waals surface area contributed by atoms with Crippen LogP contribution < -0.4 is 4.74 Å². The molecule has 0 aliphatic rings. The van der Waals surface area contributed by atoms with Crippen LogP contribution in [0.4, 0.5) is 0 Å². The van der Waals surface area contributed by atoms with E-state index in [1.165, 1.54) is 0 Å². The number of rotatable bonds is 4. The summed E-state index contributed by atoms with van der Waals surface area (Å²) in [6.07, 6.45) is 0. The van der Waals surface area contributed by atoms with Crippen molar-refractivity contribution in [2.75, 3.05) is 0 Å². The molecule has 4 aromatic heterocycles. The molecule has 0 fully saturated rings. The molecule has 8 aromatic rings. The Morgan fingerprint density at radius 1 is 0.625 bits per heavy atom. The van der Waals surface area contributed by atoms with Crippen LogP contribution in [0.3, 0.4) is 0 Å². The van der Waals surface area contributed by atoms with Crippen LogP contribution in [0.25, 0.3) is 60.8 Å². The third-order valence-corrected chi connectivity index (χ3v) is 6.96. The number of para-hydroxylation sites is 3. The molecule has 0 amide bonds. The van der Waals surface area contributed by atoms with Crippen LogP contribution in [-0.2, 0) is 21.1 Å². The Hall–Kier alpha value is -4.73. The molecule has 0 saturated heterocycles. The minimum absolute atomic E-state index is 0. The van der Waals surface area contributed by atoms with Crippen LogP contribution in [0.15, 0.2) is 120 Å². The van der Waals surface area contributed by atoms with Crippen LogP contribution in [0.2, 0.25) is 0 Å². The molecular weight excluding hydrogens is 677 g/mol. The summed E-state index contributed by atoms with van der Waals surface area (Å²) in [6.45, 7) is 0. The van der Waals surface area contributed by atoms with Gasteiger partial charge < -0.3 is 13.7 Å². The number of ether oxygens (including phenoxy) is 1. The predicted molar refractivity (Wildman–Crippen MR) is 153 cm³/mol. The second-order valence-electron chi connectivity index (χ2n) is 9.28. The molecule has 0 radical (unpaired) electrons. The average Bonchev–Trinajstić information content (AvgIpc) is 3.53. The fraction of sp³-hybridized carbons (Fsp3) is 0. The van der Waals surface area contributed by atoms with Crippen LogP contribution in [0.5, 0.6) is 11.8 Å². The maximum atomic E-state index is 6.19. The first-order chi connectivity index (χ1) is 19.3. The van der Waals surface area contributed by atoms with E-state index >= 15 is 0 Å². The summed E-state index contributed by atoms with van der Waals surface area (Å²) in [4.78, 5) is 9.63. The Morgan fingerprint density at radius 2 is 1.40 bits per heavy atom. The van der Waals surface area contributed by atoms with E-state index in [1.807, 2.05) is 91.0 Å². The molecule has 192 valence electrons. The summed E-state index contributed by atoms with van der Waals surface area (Å²) < 4.78 is 14.5. The van der Waals surface area contributed by atoms with Gasteiger partial charge in [-0.1, -0.05) is 71.1 Å². The van der Waals surface area contributed by atoms with E-state index in [-0.39, 0.29) is 21.1 Å². The Labute approximate surface area is 243 Å². The largest absolute Gasteiger partial charge is 2.00 e. The minimum atomic E-state index is 0. The molecule has 6 heteroatoms. The number of hydrogen-bond donors (Lipinski definition) is 0. The maximum Gasteiger partial charge on any atom is 2.00 e. The van der Waals surface area contributed by atoms with Crippen LogP contribution in [0, 0.1) is 12.1 Å². The van der Waals surface area contributed by atoms with E-state index < -0.39 is 0 Å². The van der Waals surface area contributed by atoms with Gasteiger partial charge in [0.25, 0.3) is 0 Å². The van der Waals surface area contributed by atoms with Gasteiger partial charge in [0, 0.05) is 17.0 Å². The van der Waals surface area contributed by atoms with Gasteiger partial charge >= 0.3 is 21.1 Å². The Kier molecular flexibility index (Phi) is 5.95. The molecule has 0 aliphatic heterocycles. The summed E-state index contributed by atoms with van der Waals surface area (Å²) in [5.74, 6) is 1.63. The fourth-order valence-electron chi connectivity index (χ4n) is 5.27. The van der Waals surface area contributed by atoms with Crippen LogP contribution >= 0.6 is 0 Å². The van der Waals surface area contributed by atoms with Crippen molar-refractivity contribution in [1.29, 1.82) is 0 Å². The molecule has 4 aromatic carbocycles. The Morgan fingerprint density at radius 3 is 2.33 bits per heavy atom. The van der Waals surface area contributed by atoms with Gasteiger partial charge in [0.15, 0.2) is 0 Å². The average molecular weight is 697 g/mol. The van der Waals surface area contributed by atoms with Crippen LogP contribution in [-0.4, -0.2) is 14.5 Å². The summed E-state index contributed by atoms with van der Waals surface area (Å²) in [5.41, 5.74) is 5.13. The number of hydrogen-bond acceptors (Lipinski definition) is 4. The smallest absolute Gasteiger partial charge is 0.501 e. The van der Waals surface area contributed by atoms with Crippen molar-refractivity contribution in [2.45, 2.75) is 0 Å². The second-order valence-corrected chi connectivity index (χ2v) is 9.28. The zero-order chi connectivity index (χ0) is 25.8. The normalized spacial score (nSPS) is 11.3. The standard InChI is InChI=1S/C34H19N3O2.Pt/c1-4-16-28-22(10-1)23-11-2-5-17-29(23)37(28)31-19-9-21-33(36-31)39-32-20-8-15-27(35-32)26-14-7-13-25-24-12-3-6-18-30(24)38-34(25)26;/h1-13,15-16,18-21H;/q-2;+2. The van der Waals surface area contributed by atoms with Crippen molar-refractivity contribution >= 4 is 43.7 Å². The van der Waals surface area contributed by atoms with E-state index in [2.05, 4.69) is 41.0 Å². The molecule has 0 unspecified atom stereocenters. The van der Waals surface area contributed by atoms with E-state index in [0.717, 1.165) is 55.1 Å². The van der Waals surface area contributed by atoms with Crippen molar-refractivity contribution in [1.82, 2.24) is 14.5 Å². The molecule has 0 N–H and O–H groups in total. The van der Waals surface area contributed by atoms with E-state index in [4.69, 9.17) is 19.1 Å². The molecule has 0 aliphatic carbocycles. The van der Waals surface area contributed by atoms with Gasteiger partial charge in [0.1, 0.15) is 11.4 Å². The quantitative estimate of drug-likeness (QED) is 0.173. The van der Waals surface area contributed by atoms with Gasteiger partial charge in [-0.3, -0.25) is 4.98 Å². The second kappa shape index (κ2) is 9.78. The molecule has 8 rings (SSSR count). The maximum absolute atomic E-state index is 6.19. The SMILES string of the molecule is [Pt+2].[c-]1ccc2c(oc3ccccc32)c1-c1cccc(Oc2cccc(-n3c4[c-]cccc4c4ccccc43)n2)n1. The Bertz CT molecular complexity index is 2130. The molecule has 0 saturated carbocycles. The van der Waals surface area contributed by atoms with Gasteiger partial charge in [-0.2, -0.15) is 29.2 Å². The summed E-state index contributed by atoms with van der Waals surface area (Å²) in [6, 6.07) is 44.4. The van der Waals surface area contributed by atoms with Crippen molar-refractivity contribution in [3.63, 3.8) is 0 Å². The molecule has 0 atom stereocenters. The first-order valence-electron chi connectivity index (χ1n) is 12.7. The zero-order valence-electron chi connectivity index (χ0n) is 20.9. The number of nitrogens with zero attached hydrogens (tertiary/aromatic N) is 3. The van der Waals surface area contributed by atoms with Crippen molar-refractivity contribution in [2.24, 2.45) is 0 Å². The third kappa shape index (κ3) is 3.90. The Balaban J connectivity index is 0.00000264. The number of aromatic nitrogens is 3. The first kappa shape index (κ1) is 24.3.